The maximum absolute atomic E-state index is 11.5. The fourth-order valence-electron chi connectivity index (χ4n) is 1.45. The highest BCUT2D eigenvalue weighted by Crippen LogP contribution is 2.25. The van der Waals surface area contributed by atoms with Crippen LogP contribution in [0.25, 0.3) is 0 Å². The van der Waals surface area contributed by atoms with Crippen molar-refractivity contribution in [3.8, 4) is 11.5 Å². The lowest BCUT2D eigenvalue weighted by Crippen LogP contribution is -2.31. The first-order valence-electron chi connectivity index (χ1n) is 6.40. The molecular weight excluding hydrogens is 244 g/mol. The molecule has 1 unspecified atom stereocenters. The first kappa shape index (κ1) is 15.3. The number of rotatable bonds is 8. The molecular formula is C14H22N2O3. The van der Waals surface area contributed by atoms with Crippen molar-refractivity contribution in [1.29, 1.82) is 0 Å². The molecule has 0 spiro atoms. The smallest absolute Gasteiger partial charge is 0.223 e. The van der Waals surface area contributed by atoms with Crippen molar-refractivity contribution in [2.45, 2.75) is 13.3 Å². The van der Waals surface area contributed by atoms with Crippen LogP contribution in [-0.2, 0) is 4.79 Å². The summed E-state index contributed by atoms with van der Waals surface area (Å²) in [7, 11) is 1.59. The van der Waals surface area contributed by atoms with Gasteiger partial charge in [-0.2, -0.15) is 0 Å². The molecule has 19 heavy (non-hydrogen) atoms. The topological polar surface area (TPSA) is 73.6 Å². The molecule has 1 aromatic rings. The van der Waals surface area contributed by atoms with Crippen molar-refractivity contribution in [3.05, 3.63) is 24.3 Å². The van der Waals surface area contributed by atoms with Gasteiger partial charge in [-0.25, -0.2) is 0 Å². The number of nitrogens with one attached hydrogen (secondary N) is 1. The second-order valence-corrected chi connectivity index (χ2v) is 4.39. The predicted molar refractivity (Wildman–Crippen MR) is 74.3 cm³/mol. The van der Waals surface area contributed by atoms with Crippen molar-refractivity contribution in [2.24, 2.45) is 11.7 Å². The number of hydrogen-bond donors (Lipinski definition) is 2. The largest absolute Gasteiger partial charge is 0.493 e. The highest BCUT2D eigenvalue weighted by molar-refractivity contribution is 5.75. The Morgan fingerprint density at radius 2 is 2.05 bits per heavy atom. The zero-order chi connectivity index (χ0) is 14.1. The fraction of sp³-hybridized carbons (Fsp3) is 0.500. The Hall–Kier alpha value is -1.75. The molecule has 0 aliphatic carbocycles. The van der Waals surface area contributed by atoms with Gasteiger partial charge < -0.3 is 20.5 Å². The van der Waals surface area contributed by atoms with Gasteiger partial charge in [0.2, 0.25) is 5.91 Å². The van der Waals surface area contributed by atoms with Gasteiger partial charge in [0.25, 0.3) is 0 Å². The molecule has 0 saturated carbocycles. The third-order valence-electron chi connectivity index (χ3n) is 2.71. The number of carbonyl (C=O) groups is 1. The third kappa shape index (κ3) is 5.61. The van der Waals surface area contributed by atoms with Crippen LogP contribution in [-0.4, -0.2) is 32.7 Å². The van der Waals surface area contributed by atoms with E-state index >= 15 is 0 Å². The molecule has 5 nitrogen and oxygen atoms in total. The van der Waals surface area contributed by atoms with E-state index in [0.717, 1.165) is 0 Å². The summed E-state index contributed by atoms with van der Waals surface area (Å²) in [5.74, 6) is 1.57. The zero-order valence-corrected chi connectivity index (χ0v) is 11.5. The minimum Gasteiger partial charge on any atom is -0.493 e. The molecule has 0 bridgehead atoms. The van der Waals surface area contributed by atoms with Crippen LogP contribution < -0.4 is 20.5 Å². The van der Waals surface area contributed by atoms with E-state index in [1.54, 1.807) is 7.11 Å². The lowest BCUT2D eigenvalue weighted by Gasteiger charge is -2.12. The number of ether oxygens (including phenoxy) is 2. The molecule has 0 aliphatic rings. The molecule has 5 heteroatoms. The summed E-state index contributed by atoms with van der Waals surface area (Å²) in [6.45, 7) is 3.48. The standard InChI is InChI=1S/C14H22N2O3/c1-11(9-15)10-16-14(17)7-8-19-13-6-4-3-5-12(13)18-2/h3-6,11H,7-10,15H2,1-2H3,(H,16,17). The van der Waals surface area contributed by atoms with Crippen molar-refractivity contribution < 1.29 is 14.3 Å². The van der Waals surface area contributed by atoms with E-state index in [2.05, 4.69) is 5.32 Å². The minimum absolute atomic E-state index is 0.0322. The summed E-state index contributed by atoms with van der Waals surface area (Å²) in [5.41, 5.74) is 5.48. The summed E-state index contributed by atoms with van der Waals surface area (Å²) >= 11 is 0. The molecule has 3 N–H and O–H groups in total. The van der Waals surface area contributed by atoms with Gasteiger partial charge in [0.05, 0.1) is 20.1 Å². The van der Waals surface area contributed by atoms with Crippen LogP contribution >= 0.6 is 0 Å². The van der Waals surface area contributed by atoms with E-state index < -0.39 is 0 Å². The normalized spacial score (nSPS) is 11.7. The molecule has 106 valence electrons. The molecule has 1 amide bonds. The van der Waals surface area contributed by atoms with Crippen LogP contribution in [0.5, 0.6) is 11.5 Å². The van der Waals surface area contributed by atoms with Gasteiger partial charge in [0.15, 0.2) is 11.5 Å². The van der Waals surface area contributed by atoms with Crippen molar-refractivity contribution in [2.75, 3.05) is 26.8 Å². The van der Waals surface area contributed by atoms with Crippen LogP contribution in [0.2, 0.25) is 0 Å². The van der Waals surface area contributed by atoms with Crippen LogP contribution in [0.1, 0.15) is 13.3 Å². The van der Waals surface area contributed by atoms with E-state index in [1.807, 2.05) is 31.2 Å². The van der Waals surface area contributed by atoms with Crippen LogP contribution in [0, 0.1) is 5.92 Å². The van der Waals surface area contributed by atoms with Crippen molar-refractivity contribution in [1.82, 2.24) is 5.32 Å². The van der Waals surface area contributed by atoms with E-state index in [0.29, 0.717) is 43.5 Å². The second-order valence-electron chi connectivity index (χ2n) is 4.39. The minimum atomic E-state index is -0.0322. The highest BCUT2D eigenvalue weighted by atomic mass is 16.5. The number of amides is 1. The SMILES string of the molecule is COc1ccccc1OCCC(=O)NCC(C)CN. The average Bonchev–Trinajstić information content (AvgIpc) is 2.45. The Morgan fingerprint density at radius 1 is 1.37 bits per heavy atom. The van der Waals surface area contributed by atoms with Crippen LogP contribution in [0.4, 0.5) is 0 Å². The summed E-state index contributed by atoms with van der Waals surface area (Å²) < 4.78 is 10.7. The van der Waals surface area contributed by atoms with E-state index in [9.17, 15) is 4.79 Å². The van der Waals surface area contributed by atoms with Crippen molar-refractivity contribution >= 4 is 5.91 Å². The van der Waals surface area contributed by atoms with Gasteiger partial charge >= 0.3 is 0 Å². The van der Waals surface area contributed by atoms with Gasteiger partial charge in [0.1, 0.15) is 0 Å². The Labute approximate surface area is 114 Å². The molecule has 0 radical (unpaired) electrons. The second kappa shape index (κ2) is 8.37. The predicted octanol–water partition coefficient (Wildman–Crippen LogP) is 1.18. The first-order chi connectivity index (χ1) is 9.17. The highest BCUT2D eigenvalue weighted by Gasteiger charge is 2.06. The van der Waals surface area contributed by atoms with E-state index in [4.69, 9.17) is 15.2 Å². The lowest BCUT2D eigenvalue weighted by molar-refractivity contribution is -0.121. The Morgan fingerprint density at radius 3 is 2.68 bits per heavy atom. The number of carbonyl (C=O) groups excluding carboxylic acids is 1. The fourth-order valence-corrected chi connectivity index (χ4v) is 1.45. The summed E-state index contributed by atoms with van der Waals surface area (Å²) in [5, 5.41) is 2.82. The number of benzene rings is 1. The summed E-state index contributed by atoms with van der Waals surface area (Å²) in [6, 6.07) is 7.36. The third-order valence-corrected chi connectivity index (χ3v) is 2.71. The lowest BCUT2D eigenvalue weighted by atomic mass is 10.2. The van der Waals surface area contributed by atoms with Crippen LogP contribution in [0.3, 0.4) is 0 Å². The van der Waals surface area contributed by atoms with Gasteiger partial charge in [-0.1, -0.05) is 19.1 Å². The Bertz CT molecular complexity index is 396. The maximum Gasteiger partial charge on any atom is 0.223 e. The van der Waals surface area contributed by atoms with Crippen molar-refractivity contribution in [3.63, 3.8) is 0 Å². The molecule has 1 rings (SSSR count). The summed E-state index contributed by atoms with van der Waals surface area (Å²) in [4.78, 5) is 11.5. The number of nitrogens with two attached hydrogens (primary N) is 1. The number of methoxy groups -OCH3 is 1. The van der Waals surface area contributed by atoms with Gasteiger partial charge in [0, 0.05) is 6.54 Å². The van der Waals surface area contributed by atoms with E-state index in [1.165, 1.54) is 0 Å². The van der Waals surface area contributed by atoms with Gasteiger partial charge in [-0.3, -0.25) is 4.79 Å². The maximum atomic E-state index is 11.5. The molecule has 0 aliphatic heterocycles. The molecule has 0 heterocycles. The molecule has 0 saturated heterocycles. The molecule has 1 atom stereocenters. The molecule has 1 aromatic carbocycles. The molecule has 0 aromatic heterocycles. The van der Waals surface area contributed by atoms with Gasteiger partial charge in [-0.05, 0) is 24.6 Å². The monoisotopic (exact) mass is 266 g/mol. The quantitative estimate of drug-likeness (QED) is 0.741. The number of para-hydroxylation sites is 2. The Kier molecular flexibility index (Phi) is 6.74. The number of hydrogen-bond acceptors (Lipinski definition) is 4. The van der Waals surface area contributed by atoms with E-state index in [-0.39, 0.29) is 5.91 Å². The zero-order valence-electron chi connectivity index (χ0n) is 11.5. The summed E-state index contributed by atoms with van der Waals surface area (Å²) in [6.07, 6.45) is 0.315. The average molecular weight is 266 g/mol. The first-order valence-corrected chi connectivity index (χ1v) is 6.40. The van der Waals surface area contributed by atoms with Crippen LogP contribution in [0.15, 0.2) is 24.3 Å². The molecule has 0 fully saturated rings. The Balaban J connectivity index is 2.28. The van der Waals surface area contributed by atoms with Gasteiger partial charge in [-0.15, -0.1) is 0 Å².